The second kappa shape index (κ2) is 6.59. The van der Waals surface area contributed by atoms with Gasteiger partial charge in [-0.1, -0.05) is 6.92 Å². The fourth-order valence-electron chi connectivity index (χ4n) is 1.14. The van der Waals surface area contributed by atoms with Gasteiger partial charge < -0.3 is 33.6 Å². The van der Waals surface area contributed by atoms with Crippen LogP contribution in [-0.2, 0) is 4.79 Å². The van der Waals surface area contributed by atoms with Gasteiger partial charge in [-0.25, -0.2) is 0 Å². The predicted octanol–water partition coefficient (Wildman–Crippen LogP) is -1.81. The summed E-state index contributed by atoms with van der Waals surface area (Å²) in [5.41, 5.74) is 0. The maximum Gasteiger partial charge on any atom is 0.223 e. The van der Waals surface area contributed by atoms with Gasteiger partial charge >= 0.3 is 0 Å². The number of carbonyl (C=O) groups excluding carboxylic acids is 1. The SMILES string of the molecule is CCCC(=O)C(O)(I)C[N+](C)(C)C.[I-]. The number of alkyl halides is 1. The van der Waals surface area contributed by atoms with Crippen molar-refractivity contribution in [2.75, 3.05) is 27.7 Å². The van der Waals surface area contributed by atoms with Gasteiger partial charge in [-0.2, -0.15) is 0 Å². The molecule has 0 aromatic carbocycles. The third-order valence-corrected chi connectivity index (χ3v) is 2.53. The number of carbonyl (C=O) groups is 1. The Morgan fingerprint density at radius 2 is 1.86 bits per heavy atom. The molecule has 5 heteroatoms. The fraction of sp³-hybridized carbons (Fsp3) is 0.889. The van der Waals surface area contributed by atoms with Crippen molar-refractivity contribution in [1.82, 2.24) is 0 Å². The van der Waals surface area contributed by atoms with Crippen molar-refractivity contribution in [2.24, 2.45) is 0 Å². The van der Waals surface area contributed by atoms with Crippen LogP contribution < -0.4 is 24.0 Å². The lowest BCUT2D eigenvalue weighted by Crippen LogP contribution is -3.00. The first-order valence-corrected chi connectivity index (χ1v) is 5.52. The molecule has 1 atom stereocenters. The highest BCUT2D eigenvalue weighted by atomic mass is 127. The number of hydrogen-bond acceptors (Lipinski definition) is 2. The number of nitrogens with zero attached hydrogens (tertiary/aromatic N) is 1. The molecule has 0 radical (unpaired) electrons. The van der Waals surface area contributed by atoms with E-state index in [2.05, 4.69) is 0 Å². The van der Waals surface area contributed by atoms with Crippen molar-refractivity contribution in [1.29, 1.82) is 0 Å². The highest BCUT2D eigenvalue weighted by Gasteiger charge is 2.37. The molecule has 14 heavy (non-hydrogen) atoms. The van der Waals surface area contributed by atoms with Crippen LogP contribution in [0.4, 0.5) is 0 Å². The molecule has 0 aliphatic rings. The van der Waals surface area contributed by atoms with Crippen molar-refractivity contribution in [3.8, 4) is 0 Å². The number of quaternary nitrogens is 1. The molecule has 0 aliphatic heterocycles. The number of rotatable bonds is 5. The van der Waals surface area contributed by atoms with E-state index in [1.54, 1.807) is 0 Å². The van der Waals surface area contributed by atoms with Gasteiger partial charge in [-0.05, 0) is 29.0 Å². The third-order valence-electron chi connectivity index (χ3n) is 1.59. The minimum atomic E-state index is -1.20. The van der Waals surface area contributed by atoms with Crippen molar-refractivity contribution in [3.63, 3.8) is 0 Å². The lowest BCUT2D eigenvalue weighted by molar-refractivity contribution is -0.873. The van der Waals surface area contributed by atoms with Crippen molar-refractivity contribution in [3.05, 3.63) is 0 Å². The molecular formula is C9H19I2NO2. The summed E-state index contributed by atoms with van der Waals surface area (Å²) in [4.78, 5) is 11.5. The normalized spacial score (nSPS) is 15.6. The molecule has 0 spiro atoms. The van der Waals surface area contributed by atoms with Crippen LogP contribution in [0.25, 0.3) is 0 Å². The van der Waals surface area contributed by atoms with Gasteiger partial charge in [-0.15, -0.1) is 0 Å². The molecule has 0 amide bonds. The first-order chi connectivity index (χ1) is 5.69. The Labute approximate surface area is 117 Å². The van der Waals surface area contributed by atoms with Gasteiger partial charge in [0.25, 0.3) is 0 Å². The van der Waals surface area contributed by atoms with Gasteiger partial charge in [0.05, 0.1) is 21.1 Å². The van der Waals surface area contributed by atoms with Crippen LogP contribution in [0.3, 0.4) is 0 Å². The summed E-state index contributed by atoms with van der Waals surface area (Å²) in [5, 5.41) is 9.87. The Hall–Kier alpha value is 1.05. The highest BCUT2D eigenvalue weighted by molar-refractivity contribution is 14.1. The van der Waals surface area contributed by atoms with Crippen LogP contribution in [0.15, 0.2) is 0 Å². The van der Waals surface area contributed by atoms with Crippen LogP contribution in [0.2, 0.25) is 0 Å². The molecular weight excluding hydrogens is 408 g/mol. The fourth-order valence-corrected chi connectivity index (χ4v) is 2.43. The lowest BCUT2D eigenvalue weighted by Gasteiger charge is -2.30. The van der Waals surface area contributed by atoms with Crippen LogP contribution in [0, 0.1) is 0 Å². The van der Waals surface area contributed by atoms with Crippen molar-refractivity contribution >= 4 is 28.4 Å². The van der Waals surface area contributed by atoms with Crippen LogP contribution in [-0.4, -0.2) is 46.7 Å². The average Bonchev–Trinajstić information content (AvgIpc) is 1.82. The van der Waals surface area contributed by atoms with Gasteiger partial charge in [0, 0.05) is 6.42 Å². The van der Waals surface area contributed by atoms with Gasteiger partial charge in [-0.3, -0.25) is 4.79 Å². The van der Waals surface area contributed by atoms with E-state index >= 15 is 0 Å². The smallest absolute Gasteiger partial charge is 0.223 e. The summed E-state index contributed by atoms with van der Waals surface area (Å²) in [6.45, 7) is 2.39. The van der Waals surface area contributed by atoms with Gasteiger partial charge in [0.2, 0.25) is 3.61 Å². The molecule has 0 heterocycles. The Morgan fingerprint density at radius 1 is 1.43 bits per heavy atom. The number of likely N-dealkylation sites (N-methyl/N-ethyl adjacent to an activating group) is 1. The number of hydrogen-bond donors (Lipinski definition) is 1. The summed E-state index contributed by atoms with van der Waals surface area (Å²) < 4.78 is -0.610. The zero-order valence-corrected chi connectivity index (χ0v) is 13.5. The minimum Gasteiger partial charge on any atom is -1.00 e. The molecule has 3 nitrogen and oxygen atoms in total. The lowest BCUT2D eigenvalue weighted by atomic mass is 10.1. The molecule has 86 valence electrons. The van der Waals surface area contributed by atoms with E-state index in [0.717, 1.165) is 6.42 Å². The van der Waals surface area contributed by atoms with E-state index in [9.17, 15) is 9.90 Å². The standard InChI is InChI=1S/C9H19INO2.HI/c1-5-6-8(12)9(10,13)7-11(2,3)4;/h13H,5-7H2,1-4H3;1H/q+1;/p-1. The molecule has 0 rings (SSSR count). The second-order valence-corrected chi connectivity index (χ2v) is 6.17. The monoisotopic (exact) mass is 427 g/mol. The Morgan fingerprint density at radius 3 is 2.14 bits per heavy atom. The first-order valence-electron chi connectivity index (χ1n) is 4.44. The van der Waals surface area contributed by atoms with Crippen molar-refractivity contribution in [2.45, 2.75) is 23.4 Å². The third kappa shape index (κ3) is 7.36. The predicted molar refractivity (Wildman–Crippen MR) is 61.8 cm³/mol. The van der Waals surface area contributed by atoms with E-state index < -0.39 is 3.61 Å². The molecule has 0 aromatic rings. The molecule has 0 saturated carbocycles. The van der Waals surface area contributed by atoms with E-state index in [1.165, 1.54) is 0 Å². The number of aliphatic hydroxyl groups is 1. The molecule has 0 saturated heterocycles. The van der Waals surface area contributed by atoms with E-state index in [4.69, 9.17) is 0 Å². The Kier molecular flexibility index (Phi) is 8.22. The largest absolute Gasteiger partial charge is 1.00 e. The number of halogens is 2. The maximum atomic E-state index is 11.5. The molecule has 0 aromatic heterocycles. The zero-order chi connectivity index (χ0) is 10.7. The average molecular weight is 427 g/mol. The van der Waals surface area contributed by atoms with Gasteiger partial charge in [0.15, 0.2) is 5.78 Å². The van der Waals surface area contributed by atoms with Gasteiger partial charge in [0.1, 0.15) is 6.54 Å². The zero-order valence-electron chi connectivity index (χ0n) is 9.18. The topological polar surface area (TPSA) is 37.3 Å². The van der Waals surface area contributed by atoms with E-state index in [-0.39, 0.29) is 29.8 Å². The molecule has 1 N–H and O–H groups in total. The number of Topliss-reactive ketones (excluding diaryl/α,β-unsaturated/α-hetero) is 1. The summed E-state index contributed by atoms with van der Waals surface area (Å²) in [6, 6.07) is 0. The number of ketones is 1. The summed E-state index contributed by atoms with van der Waals surface area (Å²) in [6.07, 6.45) is 1.25. The molecule has 0 aliphatic carbocycles. The summed E-state index contributed by atoms with van der Waals surface area (Å²) in [7, 11) is 5.88. The Balaban J connectivity index is 0. The van der Waals surface area contributed by atoms with Crippen LogP contribution >= 0.6 is 22.6 Å². The Bertz CT molecular complexity index is 188. The summed E-state index contributed by atoms with van der Waals surface area (Å²) in [5.74, 6) is -0.0661. The molecule has 0 bridgehead atoms. The summed E-state index contributed by atoms with van der Waals surface area (Å²) >= 11 is 1.84. The second-order valence-electron chi connectivity index (χ2n) is 4.38. The minimum absolute atomic E-state index is 0. The van der Waals surface area contributed by atoms with Crippen molar-refractivity contribution < 1.29 is 38.4 Å². The molecule has 0 fully saturated rings. The first kappa shape index (κ1) is 17.4. The van der Waals surface area contributed by atoms with Crippen LogP contribution in [0.5, 0.6) is 0 Å². The van der Waals surface area contributed by atoms with Crippen LogP contribution in [0.1, 0.15) is 19.8 Å². The maximum absolute atomic E-state index is 11.5. The van der Waals surface area contributed by atoms with E-state index in [1.807, 2.05) is 50.7 Å². The molecule has 1 unspecified atom stereocenters. The van der Waals surface area contributed by atoms with E-state index in [0.29, 0.717) is 17.4 Å². The highest BCUT2D eigenvalue weighted by Crippen LogP contribution is 2.21. The quantitative estimate of drug-likeness (QED) is 0.319.